The number of aromatic nitrogens is 1. The molecule has 2 rings (SSSR count). The number of anilines is 2. The molecule has 1 aromatic heterocycles. The lowest BCUT2D eigenvalue weighted by molar-refractivity contribution is 0.766. The van der Waals surface area contributed by atoms with Crippen molar-refractivity contribution < 1.29 is 0 Å². The number of nitrogens with two attached hydrogens (primary N) is 1. The molecule has 0 saturated heterocycles. The van der Waals surface area contributed by atoms with Crippen LogP contribution < -0.4 is 10.6 Å². The fourth-order valence-corrected chi connectivity index (χ4v) is 2.25. The first kappa shape index (κ1) is 13.4. The highest BCUT2D eigenvalue weighted by molar-refractivity contribution is 5.67. The fraction of sp³-hybridized carbons (Fsp3) is 0.312. The highest BCUT2D eigenvalue weighted by Gasteiger charge is 2.09. The highest BCUT2D eigenvalue weighted by Crippen LogP contribution is 2.24. The molecule has 1 aromatic carbocycles. The number of pyridine rings is 1. The van der Waals surface area contributed by atoms with Crippen molar-refractivity contribution in [3.8, 4) is 0 Å². The van der Waals surface area contributed by atoms with E-state index in [4.69, 9.17) is 5.73 Å². The second kappa shape index (κ2) is 6.23. The Kier molecular flexibility index (Phi) is 4.39. The summed E-state index contributed by atoms with van der Waals surface area (Å²) >= 11 is 0. The van der Waals surface area contributed by atoms with Crippen LogP contribution in [0.1, 0.15) is 24.5 Å². The third-order valence-electron chi connectivity index (χ3n) is 3.08. The van der Waals surface area contributed by atoms with Crippen molar-refractivity contribution >= 4 is 11.4 Å². The van der Waals surface area contributed by atoms with Gasteiger partial charge in [-0.25, -0.2) is 0 Å². The summed E-state index contributed by atoms with van der Waals surface area (Å²) < 4.78 is 0. The standard InChI is InChI=1S/C16H21N3/c1-3-8-19(16-7-5-4-6-15(16)17)12-14-9-13(2)10-18-11-14/h4-7,9-11H,3,8,12,17H2,1-2H3. The van der Waals surface area contributed by atoms with Crippen molar-refractivity contribution in [1.29, 1.82) is 0 Å². The van der Waals surface area contributed by atoms with E-state index >= 15 is 0 Å². The van der Waals surface area contributed by atoms with Crippen molar-refractivity contribution in [2.45, 2.75) is 26.8 Å². The molecule has 0 atom stereocenters. The molecule has 3 heteroatoms. The number of hydrogen-bond donors (Lipinski definition) is 1. The number of nitrogens with zero attached hydrogens (tertiary/aromatic N) is 2. The predicted molar refractivity (Wildman–Crippen MR) is 81.2 cm³/mol. The lowest BCUT2D eigenvalue weighted by Gasteiger charge is -2.25. The Labute approximate surface area is 115 Å². The lowest BCUT2D eigenvalue weighted by atomic mass is 10.1. The topological polar surface area (TPSA) is 42.2 Å². The van der Waals surface area contributed by atoms with Gasteiger partial charge in [-0.15, -0.1) is 0 Å². The van der Waals surface area contributed by atoms with Gasteiger partial charge in [0.25, 0.3) is 0 Å². The molecule has 0 bridgehead atoms. The Bertz CT molecular complexity index is 537. The van der Waals surface area contributed by atoms with Gasteiger partial charge in [0, 0.05) is 25.5 Å². The van der Waals surface area contributed by atoms with Crippen LogP contribution in [0, 0.1) is 6.92 Å². The zero-order chi connectivity index (χ0) is 13.7. The van der Waals surface area contributed by atoms with Gasteiger partial charge in [-0.3, -0.25) is 4.98 Å². The molecular formula is C16H21N3. The summed E-state index contributed by atoms with van der Waals surface area (Å²) in [7, 11) is 0. The van der Waals surface area contributed by atoms with E-state index in [0.717, 1.165) is 30.9 Å². The average molecular weight is 255 g/mol. The summed E-state index contributed by atoms with van der Waals surface area (Å²) in [5, 5.41) is 0. The second-order valence-corrected chi connectivity index (χ2v) is 4.85. The molecule has 0 aliphatic heterocycles. The maximum Gasteiger partial charge on any atom is 0.0602 e. The van der Waals surface area contributed by atoms with Crippen molar-refractivity contribution in [1.82, 2.24) is 4.98 Å². The van der Waals surface area contributed by atoms with Gasteiger partial charge in [-0.2, -0.15) is 0 Å². The molecule has 19 heavy (non-hydrogen) atoms. The van der Waals surface area contributed by atoms with Crippen LogP contribution in [-0.2, 0) is 6.54 Å². The Hall–Kier alpha value is -2.03. The number of aryl methyl sites for hydroxylation is 1. The normalized spacial score (nSPS) is 10.4. The first-order valence-corrected chi connectivity index (χ1v) is 6.70. The largest absolute Gasteiger partial charge is 0.397 e. The molecule has 0 aliphatic carbocycles. The molecule has 0 saturated carbocycles. The number of nitrogen functional groups attached to an aromatic ring is 1. The summed E-state index contributed by atoms with van der Waals surface area (Å²) in [6, 6.07) is 10.2. The number of rotatable bonds is 5. The van der Waals surface area contributed by atoms with Crippen molar-refractivity contribution in [3.63, 3.8) is 0 Å². The van der Waals surface area contributed by atoms with Gasteiger partial charge >= 0.3 is 0 Å². The lowest BCUT2D eigenvalue weighted by Crippen LogP contribution is -2.24. The van der Waals surface area contributed by atoms with Gasteiger partial charge in [-0.1, -0.05) is 25.1 Å². The zero-order valence-electron chi connectivity index (χ0n) is 11.6. The summed E-state index contributed by atoms with van der Waals surface area (Å²) in [6.45, 7) is 6.08. The van der Waals surface area contributed by atoms with E-state index in [1.807, 2.05) is 30.6 Å². The summed E-state index contributed by atoms with van der Waals surface area (Å²) in [4.78, 5) is 6.57. The molecule has 0 fully saturated rings. The van der Waals surface area contributed by atoms with E-state index in [2.05, 4.69) is 35.9 Å². The van der Waals surface area contributed by atoms with E-state index in [-0.39, 0.29) is 0 Å². The van der Waals surface area contributed by atoms with Crippen LogP contribution in [0.2, 0.25) is 0 Å². The first-order valence-electron chi connectivity index (χ1n) is 6.70. The van der Waals surface area contributed by atoms with Crippen LogP contribution in [0.25, 0.3) is 0 Å². The molecule has 3 nitrogen and oxygen atoms in total. The van der Waals surface area contributed by atoms with E-state index in [1.165, 1.54) is 11.1 Å². The van der Waals surface area contributed by atoms with Gasteiger partial charge in [-0.05, 0) is 36.6 Å². The fourth-order valence-electron chi connectivity index (χ4n) is 2.25. The van der Waals surface area contributed by atoms with E-state index in [0.29, 0.717) is 0 Å². The van der Waals surface area contributed by atoms with Gasteiger partial charge in [0.2, 0.25) is 0 Å². The second-order valence-electron chi connectivity index (χ2n) is 4.85. The van der Waals surface area contributed by atoms with Crippen LogP contribution in [0.5, 0.6) is 0 Å². The summed E-state index contributed by atoms with van der Waals surface area (Å²) in [5.74, 6) is 0. The first-order chi connectivity index (χ1) is 9.20. The maximum atomic E-state index is 6.08. The SMILES string of the molecule is CCCN(Cc1cncc(C)c1)c1ccccc1N. The van der Waals surface area contributed by atoms with Gasteiger partial charge in [0.05, 0.1) is 11.4 Å². The summed E-state index contributed by atoms with van der Waals surface area (Å²) in [5.41, 5.74) is 10.4. The molecule has 1 heterocycles. The van der Waals surface area contributed by atoms with Crippen LogP contribution >= 0.6 is 0 Å². The van der Waals surface area contributed by atoms with E-state index in [1.54, 1.807) is 0 Å². The van der Waals surface area contributed by atoms with Crippen LogP contribution in [-0.4, -0.2) is 11.5 Å². The van der Waals surface area contributed by atoms with Crippen LogP contribution in [0.15, 0.2) is 42.7 Å². The quantitative estimate of drug-likeness (QED) is 0.833. The van der Waals surface area contributed by atoms with Crippen molar-refractivity contribution in [2.24, 2.45) is 0 Å². The minimum atomic E-state index is 0.830. The number of benzene rings is 1. The van der Waals surface area contributed by atoms with Gasteiger partial charge in [0.1, 0.15) is 0 Å². The van der Waals surface area contributed by atoms with Gasteiger partial charge in [0.15, 0.2) is 0 Å². The average Bonchev–Trinajstić information content (AvgIpc) is 2.39. The number of hydrogen-bond acceptors (Lipinski definition) is 3. The summed E-state index contributed by atoms with van der Waals surface area (Å²) in [6.07, 6.45) is 4.90. The Morgan fingerprint density at radius 3 is 2.68 bits per heavy atom. The molecular weight excluding hydrogens is 234 g/mol. The minimum Gasteiger partial charge on any atom is -0.397 e. The molecule has 0 unspecified atom stereocenters. The number of para-hydroxylation sites is 2. The minimum absolute atomic E-state index is 0.830. The molecule has 0 amide bonds. The van der Waals surface area contributed by atoms with E-state index < -0.39 is 0 Å². The van der Waals surface area contributed by atoms with Crippen molar-refractivity contribution in [2.75, 3.05) is 17.2 Å². The van der Waals surface area contributed by atoms with E-state index in [9.17, 15) is 0 Å². The maximum absolute atomic E-state index is 6.08. The monoisotopic (exact) mass is 255 g/mol. The zero-order valence-corrected chi connectivity index (χ0v) is 11.6. The van der Waals surface area contributed by atoms with Crippen LogP contribution in [0.3, 0.4) is 0 Å². The Morgan fingerprint density at radius 2 is 2.00 bits per heavy atom. The van der Waals surface area contributed by atoms with Crippen LogP contribution in [0.4, 0.5) is 11.4 Å². The third kappa shape index (κ3) is 3.47. The molecule has 0 aliphatic rings. The third-order valence-corrected chi connectivity index (χ3v) is 3.08. The molecule has 2 N–H and O–H groups in total. The Morgan fingerprint density at radius 1 is 1.21 bits per heavy atom. The van der Waals surface area contributed by atoms with Gasteiger partial charge < -0.3 is 10.6 Å². The molecule has 0 radical (unpaired) electrons. The Balaban J connectivity index is 2.24. The molecule has 2 aromatic rings. The smallest absolute Gasteiger partial charge is 0.0602 e. The molecule has 0 spiro atoms. The predicted octanol–water partition coefficient (Wildman–Crippen LogP) is 3.39. The molecule has 100 valence electrons. The highest BCUT2D eigenvalue weighted by atomic mass is 15.1. The van der Waals surface area contributed by atoms with Crippen molar-refractivity contribution in [3.05, 3.63) is 53.9 Å².